The largest absolute Gasteiger partial charge is 0.493 e. The number of carbonyl (C=O) groups is 1. The van der Waals surface area contributed by atoms with Crippen LogP contribution in [-0.4, -0.2) is 68.9 Å². The lowest BCUT2D eigenvalue weighted by Gasteiger charge is -2.20. The van der Waals surface area contributed by atoms with Gasteiger partial charge in [-0.05, 0) is 76.3 Å². The molecular weight excluding hydrogens is 802 g/mol. The molecule has 0 amide bonds. The van der Waals surface area contributed by atoms with Crippen LogP contribution in [0.5, 0.6) is 23.0 Å². The van der Waals surface area contributed by atoms with Gasteiger partial charge >= 0.3 is 12.4 Å². The van der Waals surface area contributed by atoms with Crippen LogP contribution in [0.4, 0.5) is 26.3 Å². The number of Topliss-reactive ketones (excluding diaryl/α,β-unsaturated/α-hetero) is 1. The predicted molar refractivity (Wildman–Crippen MR) is 218 cm³/mol. The lowest BCUT2D eigenvalue weighted by atomic mass is 9.97. The van der Waals surface area contributed by atoms with E-state index < -0.39 is 53.6 Å². The Morgan fingerprint density at radius 1 is 0.500 bits per heavy atom. The van der Waals surface area contributed by atoms with Crippen LogP contribution in [0.25, 0.3) is 0 Å². The molecule has 0 heterocycles. The van der Waals surface area contributed by atoms with E-state index in [1.807, 2.05) is 0 Å². The summed E-state index contributed by atoms with van der Waals surface area (Å²) in [5.74, 6) is -2.17. The van der Waals surface area contributed by atoms with Crippen LogP contribution in [-0.2, 0) is 30.0 Å². The Morgan fingerprint density at radius 3 is 1.15 bits per heavy atom. The average molecular weight is 861 g/mol. The van der Waals surface area contributed by atoms with Gasteiger partial charge in [0.25, 0.3) is 0 Å². The van der Waals surface area contributed by atoms with Gasteiger partial charge < -0.3 is 53.3 Å². The number of unbranched alkanes of at least 4 members (excludes halogenated alkanes) is 6. The summed E-state index contributed by atoms with van der Waals surface area (Å²) < 4.78 is 109. The molecule has 2 rings (SSSR count). The SMILES string of the molecule is N=C(N)CCCCCOc1cc(OCCCCN=C(N)N)c(CC(=O)Cc2cc(C(F)(F)F)c(OCCCCCC(=N)N)cc2OCCCCN=C(N)N)cc1C(F)(F)F. The molecule has 0 bridgehead atoms. The van der Waals surface area contributed by atoms with Gasteiger partial charge in [0.1, 0.15) is 28.8 Å². The van der Waals surface area contributed by atoms with Gasteiger partial charge in [0.05, 0.1) is 49.2 Å². The average Bonchev–Trinajstić information content (AvgIpc) is 3.13. The van der Waals surface area contributed by atoms with Gasteiger partial charge in [-0.25, -0.2) is 0 Å². The first-order valence-electron chi connectivity index (χ1n) is 19.6. The quantitative estimate of drug-likeness (QED) is 0.0204. The van der Waals surface area contributed by atoms with Gasteiger partial charge in [0.15, 0.2) is 11.9 Å². The normalized spacial score (nSPS) is 11.4. The van der Waals surface area contributed by atoms with E-state index in [9.17, 15) is 31.1 Å². The molecule has 0 aliphatic rings. The molecule has 15 nitrogen and oxygen atoms in total. The number of nitrogens with one attached hydrogen (secondary N) is 2. The minimum absolute atomic E-state index is 0.00300. The second kappa shape index (κ2) is 25.8. The molecule has 2 aromatic rings. The molecule has 0 aromatic heterocycles. The van der Waals surface area contributed by atoms with Crippen LogP contribution in [0, 0.1) is 10.8 Å². The van der Waals surface area contributed by atoms with Crippen molar-refractivity contribution in [2.75, 3.05) is 39.5 Å². The Bertz CT molecular complexity index is 1620. The first-order chi connectivity index (χ1) is 28.3. The number of nitrogens with two attached hydrogens (primary N) is 6. The fourth-order valence-corrected chi connectivity index (χ4v) is 5.69. The molecule has 0 radical (unpaired) electrons. The third-order valence-corrected chi connectivity index (χ3v) is 8.62. The summed E-state index contributed by atoms with van der Waals surface area (Å²) in [5, 5.41) is 14.6. The fraction of sp³-hybridized carbons (Fsp3) is 0.564. The Kier molecular flexibility index (Phi) is 21.7. The van der Waals surface area contributed by atoms with Gasteiger partial charge in [0, 0.05) is 62.0 Å². The standard InChI is InChI=1S/C39H58F6N10O5/c40-38(41,42)28-21-25(30(57-17-9-5-13-54-36(50)51)23-32(28)59-15-7-1-3-11-34(46)47)19-27(56)20-26-22-29(39(43,44)45)33(60-16-8-2-4-12-35(48)49)24-31(26)58-18-10-6-14-55-37(52)53/h21-24H,1-20H2,(H3,46,47)(H3,48,49)(H4,50,51,54)(H4,52,53,55). The smallest absolute Gasteiger partial charge is 0.419 e. The third kappa shape index (κ3) is 20.4. The number of carbonyl (C=O) groups excluding carboxylic acids is 1. The van der Waals surface area contributed by atoms with Crippen molar-refractivity contribution < 1.29 is 50.1 Å². The Labute approximate surface area is 345 Å². The van der Waals surface area contributed by atoms with Crippen molar-refractivity contribution in [1.29, 1.82) is 10.8 Å². The highest BCUT2D eigenvalue weighted by Gasteiger charge is 2.37. The summed E-state index contributed by atoms with van der Waals surface area (Å²) in [7, 11) is 0. The van der Waals surface area contributed by atoms with E-state index in [0.29, 0.717) is 77.0 Å². The summed E-state index contributed by atoms with van der Waals surface area (Å²) in [6.45, 7) is 0.378. The van der Waals surface area contributed by atoms with E-state index in [2.05, 4.69) is 9.98 Å². The monoisotopic (exact) mass is 860 g/mol. The molecule has 2 aromatic carbocycles. The first-order valence-corrected chi connectivity index (χ1v) is 19.6. The number of aliphatic imine (C=N–C) groups is 2. The van der Waals surface area contributed by atoms with Crippen molar-refractivity contribution in [3.8, 4) is 23.0 Å². The van der Waals surface area contributed by atoms with Crippen molar-refractivity contribution in [1.82, 2.24) is 0 Å². The minimum Gasteiger partial charge on any atom is -0.493 e. The lowest BCUT2D eigenvalue weighted by Crippen LogP contribution is -2.23. The first kappa shape index (κ1) is 50.5. The lowest BCUT2D eigenvalue weighted by molar-refractivity contribution is -0.139. The second-order valence-corrected chi connectivity index (χ2v) is 13.9. The summed E-state index contributed by atoms with van der Waals surface area (Å²) in [6.07, 6.45) is -5.79. The summed E-state index contributed by atoms with van der Waals surface area (Å²) >= 11 is 0. The zero-order chi connectivity index (χ0) is 44.7. The molecule has 60 heavy (non-hydrogen) atoms. The summed E-state index contributed by atoms with van der Waals surface area (Å²) in [6, 6.07) is 3.62. The van der Waals surface area contributed by atoms with E-state index in [1.54, 1.807) is 0 Å². The van der Waals surface area contributed by atoms with E-state index >= 15 is 0 Å². The van der Waals surface area contributed by atoms with Crippen molar-refractivity contribution in [3.63, 3.8) is 0 Å². The molecule has 0 spiro atoms. The van der Waals surface area contributed by atoms with Crippen LogP contribution in [0.3, 0.4) is 0 Å². The van der Waals surface area contributed by atoms with Crippen LogP contribution in [0.1, 0.15) is 99.3 Å². The number of guanidine groups is 2. The van der Waals surface area contributed by atoms with E-state index in [1.165, 1.54) is 0 Å². The third-order valence-electron chi connectivity index (χ3n) is 8.62. The number of alkyl halides is 6. The number of ether oxygens (including phenoxy) is 4. The maximum absolute atomic E-state index is 14.4. The highest BCUT2D eigenvalue weighted by Crippen LogP contribution is 2.42. The van der Waals surface area contributed by atoms with Crippen molar-refractivity contribution in [2.45, 2.75) is 102 Å². The summed E-state index contributed by atoms with van der Waals surface area (Å²) in [4.78, 5) is 21.5. The zero-order valence-corrected chi connectivity index (χ0v) is 33.6. The van der Waals surface area contributed by atoms with Crippen molar-refractivity contribution >= 4 is 29.4 Å². The Balaban J connectivity index is 2.47. The maximum Gasteiger partial charge on any atom is 0.419 e. The number of rotatable bonds is 30. The van der Waals surface area contributed by atoms with Crippen LogP contribution in [0.2, 0.25) is 0 Å². The van der Waals surface area contributed by atoms with E-state index in [0.717, 1.165) is 24.3 Å². The fourth-order valence-electron chi connectivity index (χ4n) is 5.69. The predicted octanol–water partition coefficient (Wildman–Crippen LogP) is 5.69. The molecule has 21 heteroatoms. The molecule has 0 unspecified atom stereocenters. The van der Waals surface area contributed by atoms with Crippen molar-refractivity contribution in [3.05, 3.63) is 46.5 Å². The van der Waals surface area contributed by atoms with Gasteiger partial charge in [-0.3, -0.25) is 25.6 Å². The van der Waals surface area contributed by atoms with Gasteiger partial charge in [-0.15, -0.1) is 0 Å². The molecule has 0 saturated heterocycles. The zero-order valence-electron chi connectivity index (χ0n) is 33.6. The van der Waals surface area contributed by atoms with Gasteiger partial charge in [-0.1, -0.05) is 0 Å². The minimum atomic E-state index is -4.91. The second-order valence-electron chi connectivity index (χ2n) is 13.9. The highest BCUT2D eigenvalue weighted by molar-refractivity contribution is 5.85. The number of hydrogen-bond acceptors (Lipinski definition) is 9. The molecule has 0 aliphatic carbocycles. The molecule has 0 atom stereocenters. The van der Waals surface area contributed by atoms with Crippen LogP contribution in [0.15, 0.2) is 34.3 Å². The van der Waals surface area contributed by atoms with Gasteiger partial charge in [-0.2, -0.15) is 26.3 Å². The molecule has 0 fully saturated rings. The number of benzene rings is 2. The number of halogens is 6. The molecule has 14 N–H and O–H groups in total. The number of hydrogen-bond donors (Lipinski definition) is 8. The van der Waals surface area contributed by atoms with Gasteiger partial charge in [0.2, 0.25) is 0 Å². The van der Waals surface area contributed by atoms with E-state index in [4.69, 9.17) is 64.2 Å². The maximum atomic E-state index is 14.4. The van der Waals surface area contributed by atoms with Crippen LogP contribution < -0.4 is 53.3 Å². The molecule has 0 saturated carbocycles. The number of nitrogens with zero attached hydrogens (tertiary/aromatic N) is 2. The van der Waals surface area contributed by atoms with E-state index in [-0.39, 0.29) is 85.7 Å². The molecule has 0 aliphatic heterocycles. The topological polar surface area (TPSA) is 283 Å². The highest BCUT2D eigenvalue weighted by atomic mass is 19.4. The number of amidine groups is 2. The molecular formula is C39H58F6N10O5. The Hall–Kier alpha value is -5.63. The summed E-state index contributed by atoms with van der Waals surface area (Å²) in [5.41, 5.74) is 29.5. The van der Waals surface area contributed by atoms with Crippen LogP contribution >= 0.6 is 0 Å². The number of ketones is 1. The molecule has 336 valence electrons. The Morgan fingerprint density at radius 2 is 0.833 bits per heavy atom. The van der Waals surface area contributed by atoms with Crippen molar-refractivity contribution in [2.24, 2.45) is 44.4 Å².